The normalized spacial score (nSPS) is 17.3. The van der Waals surface area contributed by atoms with Crippen molar-refractivity contribution in [2.75, 3.05) is 11.5 Å². The Hall–Kier alpha value is -3.97. The Morgan fingerprint density at radius 1 is 1.00 bits per heavy atom. The van der Waals surface area contributed by atoms with Crippen molar-refractivity contribution in [3.05, 3.63) is 94.6 Å². The summed E-state index contributed by atoms with van der Waals surface area (Å²) in [6.07, 6.45) is 0. The third-order valence-electron chi connectivity index (χ3n) is 6.02. The molecule has 0 saturated carbocycles. The first-order chi connectivity index (χ1) is 16.9. The van der Waals surface area contributed by atoms with Gasteiger partial charge in [-0.1, -0.05) is 47.2 Å². The van der Waals surface area contributed by atoms with Gasteiger partial charge in [-0.3, -0.25) is 14.5 Å². The van der Waals surface area contributed by atoms with Gasteiger partial charge in [0, 0.05) is 5.56 Å². The quantitative estimate of drug-likeness (QED) is 0.215. The van der Waals surface area contributed by atoms with Gasteiger partial charge in [-0.15, -0.1) is 0 Å². The predicted octanol–water partition coefficient (Wildman–Crippen LogP) is 5.94. The van der Waals surface area contributed by atoms with Crippen LogP contribution in [0.4, 0.5) is 5.13 Å². The summed E-state index contributed by atoms with van der Waals surface area (Å²) in [5, 5.41) is 11.7. The average molecular weight is 485 g/mol. The lowest BCUT2D eigenvalue weighted by Gasteiger charge is -2.23. The summed E-state index contributed by atoms with van der Waals surface area (Å²) in [4.78, 5) is 32.8. The molecule has 1 atom stereocenters. The number of aryl methyl sites for hydroxylation is 2. The SMILES string of the molecule is CCOc1ccc(C(O)=C2C(=O)C(=O)N(c3nc4ccc(C)cc4s3)[C@@H]2c2ccc(C)cc2)cc1. The lowest BCUT2D eigenvalue weighted by molar-refractivity contribution is -0.132. The molecule has 1 amide bonds. The summed E-state index contributed by atoms with van der Waals surface area (Å²) in [6, 6.07) is 19.5. The van der Waals surface area contributed by atoms with Gasteiger partial charge in [0.1, 0.15) is 11.5 Å². The molecule has 6 nitrogen and oxygen atoms in total. The number of carbonyl (C=O) groups is 2. The van der Waals surface area contributed by atoms with Crippen molar-refractivity contribution in [2.24, 2.45) is 0 Å². The number of benzene rings is 3. The van der Waals surface area contributed by atoms with Crippen LogP contribution in [-0.2, 0) is 9.59 Å². The van der Waals surface area contributed by atoms with Crippen molar-refractivity contribution < 1.29 is 19.4 Å². The number of fused-ring (bicyclic) bond motifs is 1. The number of rotatable bonds is 5. The van der Waals surface area contributed by atoms with E-state index < -0.39 is 17.7 Å². The van der Waals surface area contributed by atoms with Gasteiger partial charge >= 0.3 is 5.91 Å². The number of anilines is 1. The molecule has 0 aliphatic carbocycles. The van der Waals surface area contributed by atoms with Crippen LogP contribution in [0.2, 0.25) is 0 Å². The number of thiazole rings is 1. The summed E-state index contributed by atoms with van der Waals surface area (Å²) in [6.45, 7) is 6.37. The minimum Gasteiger partial charge on any atom is -0.507 e. The van der Waals surface area contributed by atoms with Crippen LogP contribution in [0.25, 0.3) is 16.0 Å². The van der Waals surface area contributed by atoms with Crippen LogP contribution in [0.1, 0.15) is 35.2 Å². The zero-order chi connectivity index (χ0) is 24.7. The fourth-order valence-electron chi connectivity index (χ4n) is 4.25. The number of hydrogen-bond donors (Lipinski definition) is 1. The molecular formula is C28H24N2O4S. The molecule has 3 aromatic carbocycles. The molecule has 7 heteroatoms. The van der Waals surface area contributed by atoms with Gasteiger partial charge in [0.25, 0.3) is 5.78 Å². The van der Waals surface area contributed by atoms with Crippen LogP contribution >= 0.6 is 11.3 Å². The van der Waals surface area contributed by atoms with E-state index in [2.05, 4.69) is 4.98 Å². The summed E-state index contributed by atoms with van der Waals surface area (Å²) < 4.78 is 6.41. The lowest BCUT2D eigenvalue weighted by atomic mass is 9.95. The number of ether oxygens (including phenoxy) is 1. The molecule has 1 aliphatic heterocycles. The number of amides is 1. The molecule has 0 bridgehead atoms. The van der Waals surface area contributed by atoms with Gasteiger partial charge in [0.15, 0.2) is 5.13 Å². The molecule has 1 saturated heterocycles. The summed E-state index contributed by atoms with van der Waals surface area (Å²) in [7, 11) is 0. The lowest BCUT2D eigenvalue weighted by Crippen LogP contribution is -2.29. The zero-order valence-corrected chi connectivity index (χ0v) is 20.4. The van der Waals surface area contributed by atoms with Gasteiger partial charge in [0.2, 0.25) is 0 Å². The van der Waals surface area contributed by atoms with E-state index in [9.17, 15) is 14.7 Å². The average Bonchev–Trinajstić information content (AvgIpc) is 3.37. The molecule has 1 aromatic heterocycles. The van der Waals surface area contributed by atoms with E-state index in [0.29, 0.717) is 23.1 Å². The topological polar surface area (TPSA) is 79.7 Å². The molecule has 5 rings (SSSR count). The van der Waals surface area contributed by atoms with Crippen LogP contribution in [0, 0.1) is 13.8 Å². The number of Topliss-reactive ketones (excluding diaryl/α,β-unsaturated/α-hetero) is 1. The highest BCUT2D eigenvalue weighted by Gasteiger charge is 2.48. The van der Waals surface area contributed by atoms with Crippen LogP contribution < -0.4 is 9.64 Å². The number of ketones is 1. The maximum absolute atomic E-state index is 13.4. The maximum atomic E-state index is 13.4. The van der Waals surface area contributed by atoms with E-state index in [-0.39, 0.29) is 11.3 Å². The first kappa shape index (κ1) is 22.8. The predicted molar refractivity (Wildman–Crippen MR) is 138 cm³/mol. The Labute approximate surface area is 207 Å². The Morgan fingerprint density at radius 2 is 1.69 bits per heavy atom. The monoisotopic (exact) mass is 484 g/mol. The van der Waals surface area contributed by atoms with Crippen molar-refractivity contribution in [3.8, 4) is 5.75 Å². The number of aliphatic hydroxyl groups excluding tert-OH is 1. The van der Waals surface area contributed by atoms with Crippen LogP contribution in [0.5, 0.6) is 5.75 Å². The molecule has 0 radical (unpaired) electrons. The summed E-state index contributed by atoms with van der Waals surface area (Å²) >= 11 is 1.35. The summed E-state index contributed by atoms with van der Waals surface area (Å²) in [5.74, 6) is -1.02. The Morgan fingerprint density at radius 3 is 2.37 bits per heavy atom. The van der Waals surface area contributed by atoms with Crippen LogP contribution in [0.3, 0.4) is 0 Å². The number of carbonyl (C=O) groups excluding carboxylic acids is 2. The molecule has 35 heavy (non-hydrogen) atoms. The van der Waals surface area contributed by atoms with Crippen molar-refractivity contribution in [1.29, 1.82) is 0 Å². The first-order valence-electron chi connectivity index (χ1n) is 11.4. The van der Waals surface area contributed by atoms with Gasteiger partial charge < -0.3 is 9.84 Å². The van der Waals surface area contributed by atoms with Crippen molar-refractivity contribution in [1.82, 2.24) is 4.98 Å². The van der Waals surface area contributed by atoms with E-state index in [1.54, 1.807) is 24.3 Å². The highest BCUT2D eigenvalue weighted by atomic mass is 32.1. The van der Waals surface area contributed by atoms with E-state index in [1.807, 2.05) is 63.2 Å². The zero-order valence-electron chi connectivity index (χ0n) is 19.6. The standard InChI is InChI=1S/C28H24N2O4S/c1-4-34-20-12-10-19(11-13-20)25(31)23-24(18-8-5-16(2)6-9-18)30(27(33)26(23)32)28-29-21-14-7-17(3)15-22(21)35-28/h5-15,24,31H,4H2,1-3H3/t24-/m1/s1. The highest BCUT2D eigenvalue weighted by molar-refractivity contribution is 7.22. The van der Waals surface area contributed by atoms with Gasteiger partial charge in [0.05, 0.1) is 28.4 Å². The van der Waals surface area contributed by atoms with E-state index >= 15 is 0 Å². The van der Waals surface area contributed by atoms with Crippen LogP contribution in [-0.4, -0.2) is 28.4 Å². The Bertz CT molecular complexity index is 1470. The van der Waals surface area contributed by atoms with E-state index in [4.69, 9.17) is 4.74 Å². The minimum absolute atomic E-state index is 0.0402. The molecule has 1 fully saturated rings. The molecule has 0 unspecified atom stereocenters. The highest BCUT2D eigenvalue weighted by Crippen LogP contribution is 2.44. The second-order valence-electron chi connectivity index (χ2n) is 8.50. The number of aromatic nitrogens is 1. The van der Waals surface area contributed by atoms with Crippen molar-refractivity contribution >= 4 is 44.1 Å². The smallest absolute Gasteiger partial charge is 0.301 e. The number of nitrogens with zero attached hydrogens (tertiary/aromatic N) is 2. The molecule has 4 aromatic rings. The molecule has 1 aliphatic rings. The van der Waals surface area contributed by atoms with Crippen molar-refractivity contribution in [3.63, 3.8) is 0 Å². The van der Waals surface area contributed by atoms with E-state index in [1.165, 1.54) is 16.2 Å². The number of hydrogen-bond acceptors (Lipinski definition) is 6. The van der Waals surface area contributed by atoms with Crippen LogP contribution in [0.15, 0.2) is 72.3 Å². The minimum atomic E-state index is -0.802. The van der Waals surface area contributed by atoms with Gasteiger partial charge in [-0.05, 0) is 68.3 Å². The summed E-state index contributed by atoms with van der Waals surface area (Å²) in [5.41, 5.74) is 4.08. The Kier molecular flexibility index (Phi) is 5.86. The fraction of sp³-hybridized carbons (Fsp3) is 0.179. The Balaban J connectivity index is 1.68. The number of aliphatic hydroxyl groups is 1. The molecule has 176 valence electrons. The van der Waals surface area contributed by atoms with E-state index in [0.717, 1.165) is 26.9 Å². The second kappa shape index (κ2) is 9.00. The van der Waals surface area contributed by atoms with Gasteiger partial charge in [-0.2, -0.15) is 0 Å². The fourth-order valence-corrected chi connectivity index (χ4v) is 5.34. The first-order valence-corrected chi connectivity index (χ1v) is 12.2. The third-order valence-corrected chi connectivity index (χ3v) is 7.03. The third kappa shape index (κ3) is 4.08. The maximum Gasteiger partial charge on any atom is 0.301 e. The molecule has 2 heterocycles. The molecule has 0 spiro atoms. The largest absolute Gasteiger partial charge is 0.507 e. The molecule has 1 N–H and O–H groups in total. The van der Waals surface area contributed by atoms with Gasteiger partial charge in [-0.25, -0.2) is 4.98 Å². The second-order valence-corrected chi connectivity index (χ2v) is 9.51. The molecular weight excluding hydrogens is 460 g/mol. The van der Waals surface area contributed by atoms with Crippen molar-refractivity contribution in [2.45, 2.75) is 26.8 Å².